The van der Waals surface area contributed by atoms with Gasteiger partial charge in [0.2, 0.25) is 0 Å². The van der Waals surface area contributed by atoms with E-state index in [1.54, 1.807) is 6.20 Å². The van der Waals surface area contributed by atoms with Crippen LogP contribution in [0.1, 0.15) is 58.8 Å². The summed E-state index contributed by atoms with van der Waals surface area (Å²) >= 11 is 0. The monoisotopic (exact) mass is 378 g/mol. The zero-order valence-corrected chi connectivity index (χ0v) is 16.2. The van der Waals surface area contributed by atoms with Crippen LogP contribution in [0.3, 0.4) is 0 Å². The van der Waals surface area contributed by atoms with Crippen molar-refractivity contribution in [3.8, 4) is 11.3 Å². The fraction of sp³-hybridized carbons (Fsp3) is 0.400. The fourth-order valence-corrected chi connectivity index (χ4v) is 3.72. The highest BCUT2D eigenvalue weighted by Crippen LogP contribution is 2.32. The number of aromatic nitrogens is 5. The molecule has 8 heteroatoms. The van der Waals surface area contributed by atoms with Gasteiger partial charge in [0.1, 0.15) is 11.5 Å². The molecule has 1 saturated heterocycles. The van der Waals surface area contributed by atoms with Crippen LogP contribution in [0.5, 0.6) is 0 Å². The summed E-state index contributed by atoms with van der Waals surface area (Å²) in [7, 11) is 0. The molecular formula is C20H22N6O2. The highest BCUT2D eigenvalue weighted by molar-refractivity contribution is 5.92. The number of piperidine rings is 1. The SMILES string of the molecule is Cc1cc(-c2c(C)noc2C)nc([C@H]2CCCCN2C(=O)c2cnccn2)n1. The molecule has 3 aromatic heterocycles. The molecule has 1 atom stereocenters. The van der Waals surface area contributed by atoms with Gasteiger partial charge in [0.05, 0.1) is 29.2 Å². The van der Waals surface area contributed by atoms with Gasteiger partial charge in [-0.25, -0.2) is 15.0 Å². The van der Waals surface area contributed by atoms with Crippen molar-refractivity contribution >= 4 is 5.91 Å². The number of aryl methyl sites for hydroxylation is 3. The van der Waals surface area contributed by atoms with Gasteiger partial charge in [0.25, 0.3) is 5.91 Å². The highest BCUT2D eigenvalue weighted by Gasteiger charge is 2.32. The van der Waals surface area contributed by atoms with Gasteiger partial charge in [0, 0.05) is 24.6 Å². The van der Waals surface area contributed by atoms with Crippen LogP contribution in [-0.2, 0) is 0 Å². The molecular weight excluding hydrogens is 356 g/mol. The number of amides is 1. The lowest BCUT2D eigenvalue weighted by Crippen LogP contribution is -2.39. The molecule has 0 aromatic carbocycles. The van der Waals surface area contributed by atoms with Gasteiger partial charge in [-0.3, -0.25) is 9.78 Å². The zero-order chi connectivity index (χ0) is 19.7. The molecule has 1 fully saturated rings. The Balaban J connectivity index is 1.73. The normalized spacial score (nSPS) is 17.0. The Kier molecular flexibility index (Phi) is 4.85. The van der Waals surface area contributed by atoms with Gasteiger partial charge in [0.15, 0.2) is 5.82 Å². The molecule has 0 saturated carbocycles. The summed E-state index contributed by atoms with van der Waals surface area (Å²) in [5, 5.41) is 4.03. The van der Waals surface area contributed by atoms with Crippen LogP contribution in [0.2, 0.25) is 0 Å². The summed E-state index contributed by atoms with van der Waals surface area (Å²) in [6, 6.07) is 1.73. The molecule has 1 amide bonds. The molecule has 0 aliphatic carbocycles. The van der Waals surface area contributed by atoms with E-state index in [-0.39, 0.29) is 11.9 Å². The van der Waals surface area contributed by atoms with Gasteiger partial charge in [-0.2, -0.15) is 0 Å². The second-order valence-corrected chi connectivity index (χ2v) is 7.05. The van der Waals surface area contributed by atoms with Crippen LogP contribution in [-0.4, -0.2) is 42.4 Å². The zero-order valence-electron chi connectivity index (χ0n) is 16.2. The van der Waals surface area contributed by atoms with Crippen molar-refractivity contribution in [2.24, 2.45) is 0 Å². The number of nitrogens with zero attached hydrogens (tertiary/aromatic N) is 6. The molecule has 4 heterocycles. The lowest BCUT2D eigenvalue weighted by molar-refractivity contribution is 0.0593. The van der Waals surface area contributed by atoms with Crippen molar-refractivity contribution in [2.75, 3.05) is 6.54 Å². The quantitative estimate of drug-likeness (QED) is 0.690. The Hall–Kier alpha value is -3.16. The minimum atomic E-state index is -0.192. The Bertz CT molecular complexity index is 982. The van der Waals surface area contributed by atoms with Crippen LogP contribution in [0, 0.1) is 20.8 Å². The predicted octanol–water partition coefficient (Wildman–Crippen LogP) is 3.21. The first-order valence-corrected chi connectivity index (χ1v) is 9.40. The van der Waals surface area contributed by atoms with E-state index in [4.69, 9.17) is 9.51 Å². The van der Waals surface area contributed by atoms with Crippen LogP contribution in [0.25, 0.3) is 11.3 Å². The standard InChI is InChI=1S/C20H22N6O2/c1-12-10-15(18-13(2)25-28-14(18)3)24-19(23-12)17-6-4-5-9-26(17)20(27)16-11-21-7-8-22-16/h7-8,10-11,17H,4-6,9H2,1-3H3/t17-/m1/s1. The first-order valence-electron chi connectivity index (χ1n) is 9.40. The maximum absolute atomic E-state index is 13.0. The van der Waals surface area contributed by atoms with Gasteiger partial charge in [-0.1, -0.05) is 5.16 Å². The first-order chi connectivity index (χ1) is 13.5. The Morgan fingerprint density at radius 2 is 2.04 bits per heavy atom. The third kappa shape index (κ3) is 3.37. The second kappa shape index (κ2) is 7.46. The molecule has 3 aromatic rings. The molecule has 0 N–H and O–H groups in total. The summed E-state index contributed by atoms with van der Waals surface area (Å²) < 4.78 is 5.30. The molecule has 0 spiro atoms. The van der Waals surface area contributed by atoms with Gasteiger partial charge in [-0.15, -0.1) is 0 Å². The van der Waals surface area contributed by atoms with Crippen LogP contribution < -0.4 is 0 Å². The van der Waals surface area contributed by atoms with Gasteiger partial charge in [-0.05, 0) is 46.1 Å². The van der Waals surface area contributed by atoms with Gasteiger partial charge < -0.3 is 9.42 Å². The molecule has 0 radical (unpaired) electrons. The van der Waals surface area contributed by atoms with E-state index >= 15 is 0 Å². The van der Waals surface area contributed by atoms with Crippen molar-refractivity contribution in [2.45, 2.75) is 46.1 Å². The summed E-state index contributed by atoms with van der Waals surface area (Å²) in [5.74, 6) is 1.23. The summed E-state index contributed by atoms with van der Waals surface area (Å²) in [6.45, 7) is 6.35. The van der Waals surface area contributed by atoms with E-state index in [1.165, 1.54) is 12.4 Å². The molecule has 0 unspecified atom stereocenters. The lowest BCUT2D eigenvalue weighted by Gasteiger charge is -2.34. The van der Waals surface area contributed by atoms with Crippen LogP contribution >= 0.6 is 0 Å². The minimum absolute atomic E-state index is 0.137. The Labute approximate surface area is 163 Å². The summed E-state index contributed by atoms with van der Waals surface area (Å²) in [5.41, 5.74) is 3.63. The van der Waals surface area contributed by atoms with E-state index in [1.807, 2.05) is 31.7 Å². The number of likely N-dealkylation sites (tertiary alicyclic amines) is 1. The van der Waals surface area contributed by atoms with Crippen molar-refractivity contribution in [3.05, 3.63) is 53.3 Å². The molecule has 28 heavy (non-hydrogen) atoms. The van der Waals surface area contributed by atoms with Gasteiger partial charge >= 0.3 is 0 Å². The number of carbonyl (C=O) groups is 1. The van der Waals surface area contributed by atoms with E-state index < -0.39 is 0 Å². The van der Waals surface area contributed by atoms with Crippen LogP contribution in [0.15, 0.2) is 29.2 Å². The Morgan fingerprint density at radius 3 is 2.75 bits per heavy atom. The maximum atomic E-state index is 13.0. The van der Waals surface area contributed by atoms with E-state index in [0.29, 0.717) is 18.1 Å². The Morgan fingerprint density at radius 1 is 1.18 bits per heavy atom. The summed E-state index contributed by atoms with van der Waals surface area (Å²) in [4.78, 5) is 32.5. The van der Waals surface area contributed by atoms with Crippen LogP contribution in [0.4, 0.5) is 0 Å². The maximum Gasteiger partial charge on any atom is 0.274 e. The van der Waals surface area contributed by atoms with Crippen molar-refractivity contribution in [1.29, 1.82) is 0 Å². The van der Waals surface area contributed by atoms with E-state index in [9.17, 15) is 4.79 Å². The van der Waals surface area contributed by atoms with E-state index in [0.717, 1.165) is 47.7 Å². The van der Waals surface area contributed by atoms with Crippen molar-refractivity contribution < 1.29 is 9.32 Å². The van der Waals surface area contributed by atoms with Crippen molar-refractivity contribution in [3.63, 3.8) is 0 Å². The minimum Gasteiger partial charge on any atom is -0.361 e. The topological polar surface area (TPSA) is 97.9 Å². The molecule has 0 bridgehead atoms. The van der Waals surface area contributed by atoms with Crippen molar-refractivity contribution in [1.82, 2.24) is 30.0 Å². The molecule has 1 aliphatic heterocycles. The average Bonchev–Trinajstić information content (AvgIpc) is 3.06. The smallest absolute Gasteiger partial charge is 0.274 e. The third-order valence-electron chi connectivity index (χ3n) is 5.01. The lowest BCUT2D eigenvalue weighted by atomic mass is 10.00. The number of rotatable bonds is 3. The highest BCUT2D eigenvalue weighted by atomic mass is 16.5. The fourth-order valence-electron chi connectivity index (χ4n) is 3.72. The number of hydrogen-bond donors (Lipinski definition) is 0. The predicted molar refractivity (Wildman–Crippen MR) is 101 cm³/mol. The third-order valence-corrected chi connectivity index (χ3v) is 5.01. The number of hydrogen-bond acceptors (Lipinski definition) is 7. The number of carbonyl (C=O) groups excluding carboxylic acids is 1. The van der Waals surface area contributed by atoms with E-state index in [2.05, 4.69) is 20.1 Å². The second-order valence-electron chi connectivity index (χ2n) is 7.05. The molecule has 1 aliphatic rings. The summed E-state index contributed by atoms with van der Waals surface area (Å²) in [6.07, 6.45) is 7.38. The largest absolute Gasteiger partial charge is 0.361 e. The average molecular weight is 378 g/mol. The molecule has 8 nitrogen and oxygen atoms in total. The molecule has 144 valence electrons. The first kappa shape index (κ1) is 18.2. The molecule has 4 rings (SSSR count).